The van der Waals surface area contributed by atoms with Gasteiger partial charge in [0.05, 0.1) is 17.5 Å². The summed E-state index contributed by atoms with van der Waals surface area (Å²) in [6.45, 7) is 3.77. The van der Waals surface area contributed by atoms with Crippen LogP contribution in [0.15, 0.2) is 66.7 Å². The number of para-hydroxylation sites is 1. The van der Waals surface area contributed by atoms with Crippen LogP contribution in [0.4, 0.5) is 0 Å². The topological polar surface area (TPSA) is 63.6 Å². The van der Waals surface area contributed by atoms with E-state index >= 15 is 0 Å². The Hall–Kier alpha value is -3.58. The second kappa shape index (κ2) is 9.96. The molecule has 6 nitrogen and oxygen atoms in total. The van der Waals surface area contributed by atoms with E-state index in [1.54, 1.807) is 7.11 Å². The molecule has 0 saturated carbocycles. The van der Waals surface area contributed by atoms with E-state index in [1.165, 1.54) is 16.7 Å². The molecule has 180 valence electrons. The number of ether oxygens (including phenoxy) is 1. The Balaban J connectivity index is 1.18. The Morgan fingerprint density at radius 1 is 1.03 bits per heavy atom. The van der Waals surface area contributed by atoms with Crippen molar-refractivity contribution in [3.05, 3.63) is 82.9 Å². The van der Waals surface area contributed by atoms with Crippen molar-refractivity contribution in [2.24, 2.45) is 5.92 Å². The minimum atomic E-state index is -0.0647. The van der Waals surface area contributed by atoms with Crippen molar-refractivity contribution in [3.8, 4) is 10.8 Å². The highest BCUT2D eigenvalue weighted by Crippen LogP contribution is 2.30. The lowest BCUT2D eigenvalue weighted by molar-refractivity contribution is -0.126. The number of rotatable bonds is 6. The predicted octanol–water partition coefficient (Wildman–Crippen LogP) is 5.18. The molecule has 0 atom stereocenters. The van der Waals surface area contributed by atoms with Crippen molar-refractivity contribution in [2.45, 2.75) is 26.3 Å². The standard InChI is InChI=1S/C28H29N3O3S/c1-19-17-22-5-3-4-6-24(22)31(19)26-12-11-25(35-26)28(33)30-15-13-21(14-16-30)27(32)29-18-20-7-9-23(34-2)10-8-20/h3-12,17,21H,13-16,18H2,1-2H3,(H,29,32). The molecule has 1 N–H and O–H groups in total. The minimum absolute atomic E-state index is 0.0486. The van der Waals surface area contributed by atoms with Crippen LogP contribution in [0.1, 0.15) is 33.8 Å². The number of aryl methyl sites for hydroxylation is 1. The molecule has 0 spiro atoms. The van der Waals surface area contributed by atoms with Gasteiger partial charge < -0.3 is 19.5 Å². The Bertz CT molecular complexity index is 1350. The molecule has 7 heteroatoms. The molecule has 0 bridgehead atoms. The summed E-state index contributed by atoms with van der Waals surface area (Å²) in [4.78, 5) is 28.5. The summed E-state index contributed by atoms with van der Waals surface area (Å²) in [6, 6.07) is 22.1. The van der Waals surface area contributed by atoms with Crippen LogP contribution in [0, 0.1) is 12.8 Å². The molecule has 3 heterocycles. The first-order valence-electron chi connectivity index (χ1n) is 11.9. The lowest BCUT2D eigenvalue weighted by atomic mass is 9.95. The number of nitrogens with zero attached hydrogens (tertiary/aromatic N) is 2. The quantitative estimate of drug-likeness (QED) is 0.408. The van der Waals surface area contributed by atoms with E-state index < -0.39 is 0 Å². The molecular weight excluding hydrogens is 458 g/mol. The van der Waals surface area contributed by atoms with Crippen LogP contribution in [0.2, 0.25) is 0 Å². The lowest BCUT2D eigenvalue weighted by Crippen LogP contribution is -2.42. The summed E-state index contributed by atoms with van der Waals surface area (Å²) in [5.41, 5.74) is 3.33. The van der Waals surface area contributed by atoms with Crippen molar-refractivity contribution < 1.29 is 14.3 Å². The van der Waals surface area contributed by atoms with Gasteiger partial charge in [-0.25, -0.2) is 0 Å². The number of methoxy groups -OCH3 is 1. The van der Waals surface area contributed by atoms with E-state index in [2.05, 4.69) is 35.0 Å². The van der Waals surface area contributed by atoms with Crippen molar-refractivity contribution in [1.82, 2.24) is 14.8 Å². The summed E-state index contributed by atoms with van der Waals surface area (Å²) >= 11 is 1.52. The number of hydrogen-bond acceptors (Lipinski definition) is 4. The number of amides is 2. The molecule has 0 radical (unpaired) electrons. The molecule has 4 aromatic rings. The summed E-state index contributed by atoms with van der Waals surface area (Å²) < 4.78 is 7.38. The van der Waals surface area contributed by atoms with Crippen LogP contribution in [-0.2, 0) is 11.3 Å². The molecule has 2 aromatic carbocycles. The molecule has 35 heavy (non-hydrogen) atoms. The Morgan fingerprint density at radius 2 is 1.77 bits per heavy atom. The maximum absolute atomic E-state index is 13.2. The van der Waals surface area contributed by atoms with Crippen molar-refractivity contribution in [2.75, 3.05) is 20.2 Å². The van der Waals surface area contributed by atoms with Crippen LogP contribution < -0.4 is 10.1 Å². The van der Waals surface area contributed by atoms with Gasteiger partial charge in [-0.15, -0.1) is 11.3 Å². The largest absolute Gasteiger partial charge is 0.497 e. The number of fused-ring (bicyclic) bond motifs is 1. The third kappa shape index (κ3) is 4.82. The maximum Gasteiger partial charge on any atom is 0.263 e. The highest BCUT2D eigenvalue weighted by atomic mass is 32.1. The molecule has 2 amide bonds. The first-order chi connectivity index (χ1) is 17.0. The minimum Gasteiger partial charge on any atom is -0.497 e. The first kappa shape index (κ1) is 23.2. The van der Waals surface area contributed by atoms with E-state index in [-0.39, 0.29) is 17.7 Å². The SMILES string of the molecule is COc1ccc(CNC(=O)C2CCN(C(=O)c3ccc(-n4c(C)cc5ccccc54)s3)CC2)cc1. The van der Waals surface area contributed by atoms with Crippen molar-refractivity contribution in [3.63, 3.8) is 0 Å². The lowest BCUT2D eigenvalue weighted by Gasteiger charge is -2.31. The number of hydrogen-bond donors (Lipinski definition) is 1. The fourth-order valence-corrected chi connectivity index (χ4v) is 5.77. The monoisotopic (exact) mass is 487 g/mol. The number of nitrogens with one attached hydrogen (secondary N) is 1. The molecule has 5 rings (SSSR count). The third-order valence-electron chi connectivity index (χ3n) is 6.70. The number of carbonyl (C=O) groups excluding carboxylic acids is 2. The van der Waals surface area contributed by atoms with Crippen molar-refractivity contribution >= 4 is 34.1 Å². The highest BCUT2D eigenvalue weighted by molar-refractivity contribution is 7.16. The number of aromatic nitrogens is 1. The third-order valence-corrected chi connectivity index (χ3v) is 7.75. The van der Waals surface area contributed by atoms with Crippen LogP contribution >= 0.6 is 11.3 Å². The Labute approximate surface area is 209 Å². The Kier molecular flexibility index (Phi) is 6.59. The fraction of sp³-hybridized carbons (Fsp3) is 0.286. The molecule has 0 aliphatic carbocycles. The average Bonchev–Trinajstić information content (AvgIpc) is 3.50. The molecule has 1 aliphatic heterocycles. The van der Waals surface area contributed by atoms with Gasteiger partial charge in [0.15, 0.2) is 0 Å². The molecular formula is C28H29N3O3S. The number of piperidine rings is 1. The van der Waals surface area contributed by atoms with Crippen LogP contribution in [0.5, 0.6) is 5.75 Å². The van der Waals surface area contributed by atoms with Crippen LogP contribution in [0.25, 0.3) is 15.9 Å². The van der Waals surface area contributed by atoms with Crippen LogP contribution in [0.3, 0.4) is 0 Å². The van der Waals surface area contributed by atoms with Crippen molar-refractivity contribution in [1.29, 1.82) is 0 Å². The molecule has 0 unspecified atom stereocenters. The van der Waals surface area contributed by atoms with E-state index in [9.17, 15) is 9.59 Å². The smallest absolute Gasteiger partial charge is 0.263 e. The summed E-state index contributed by atoms with van der Waals surface area (Å²) in [5.74, 6) is 0.839. The summed E-state index contributed by atoms with van der Waals surface area (Å²) in [7, 11) is 1.64. The highest BCUT2D eigenvalue weighted by Gasteiger charge is 2.28. The zero-order chi connectivity index (χ0) is 24.4. The van der Waals surface area contributed by atoms with Gasteiger partial charge in [0, 0.05) is 36.6 Å². The second-order valence-corrected chi connectivity index (χ2v) is 10.0. The van der Waals surface area contributed by atoms with E-state index in [4.69, 9.17) is 4.74 Å². The number of thiophene rings is 1. The molecule has 1 fully saturated rings. The van der Waals surface area contributed by atoms with Gasteiger partial charge in [-0.05, 0) is 61.7 Å². The van der Waals surface area contributed by atoms with Gasteiger partial charge in [-0.1, -0.05) is 30.3 Å². The van der Waals surface area contributed by atoms with Gasteiger partial charge in [0.25, 0.3) is 5.91 Å². The normalized spacial score (nSPS) is 14.3. The van der Waals surface area contributed by atoms with Gasteiger partial charge in [0.2, 0.25) is 5.91 Å². The predicted molar refractivity (Wildman–Crippen MR) is 139 cm³/mol. The van der Waals surface area contributed by atoms with E-state index in [0.717, 1.165) is 32.4 Å². The van der Waals surface area contributed by atoms with E-state index in [0.29, 0.717) is 32.5 Å². The zero-order valence-corrected chi connectivity index (χ0v) is 20.8. The molecule has 1 saturated heterocycles. The maximum atomic E-state index is 13.2. The summed E-state index contributed by atoms with van der Waals surface area (Å²) in [6.07, 6.45) is 1.36. The molecule has 1 aliphatic rings. The number of carbonyl (C=O) groups is 2. The number of likely N-dealkylation sites (tertiary alicyclic amines) is 1. The van der Waals surface area contributed by atoms with Gasteiger partial charge in [-0.3, -0.25) is 9.59 Å². The molecule has 2 aromatic heterocycles. The average molecular weight is 488 g/mol. The second-order valence-electron chi connectivity index (χ2n) is 8.95. The number of benzene rings is 2. The van der Waals surface area contributed by atoms with Gasteiger partial charge in [0.1, 0.15) is 10.8 Å². The zero-order valence-electron chi connectivity index (χ0n) is 20.0. The van der Waals surface area contributed by atoms with Gasteiger partial charge in [-0.2, -0.15) is 0 Å². The first-order valence-corrected chi connectivity index (χ1v) is 12.7. The summed E-state index contributed by atoms with van der Waals surface area (Å²) in [5, 5.41) is 5.27. The fourth-order valence-electron chi connectivity index (χ4n) is 4.73. The van der Waals surface area contributed by atoms with Crippen LogP contribution in [-0.4, -0.2) is 41.5 Å². The Morgan fingerprint density at radius 3 is 2.51 bits per heavy atom. The van der Waals surface area contributed by atoms with E-state index in [1.807, 2.05) is 53.4 Å². The van der Waals surface area contributed by atoms with Gasteiger partial charge >= 0.3 is 0 Å².